The molecule has 0 aliphatic carbocycles. The van der Waals surface area contributed by atoms with Gasteiger partial charge >= 0.3 is 0 Å². The van der Waals surface area contributed by atoms with Gasteiger partial charge in [-0.2, -0.15) is 5.10 Å². The smallest absolute Gasteiger partial charge is 0.157 e. The number of H-pyrrole nitrogens is 1. The Kier molecular flexibility index (Phi) is 4.35. The molecule has 0 spiro atoms. The maximum absolute atomic E-state index is 4.46. The van der Waals surface area contributed by atoms with Crippen molar-refractivity contribution in [2.75, 3.05) is 19.0 Å². The van der Waals surface area contributed by atoms with E-state index in [2.05, 4.69) is 33.4 Å². The molecule has 0 radical (unpaired) electrons. The van der Waals surface area contributed by atoms with Gasteiger partial charge in [-0.15, -0.1) is 0 Å². The maximum atomic E-state index is 4.46. The van der Waals surface area contributed by atoms with Crippen LogP contribution in [-0.2, 0) is 0 Å². The van der Waals surface area contributed by atoms with Gasteiger partial charge < -0.3 is 4.90 Å². The summed E-state index contributed by atoms with van der Waals surface area (Å²) in [6, 6.07) is 12.2. The van der Waals surface area contributed by atoms with E-state index in [0.717, 1.165) is 28.0 Å². The summed E-state index contributed by atoms with van der Waals surface area (Å²) in [6.45, 7) is 4.00. The van der Waals surface area contributed by atoms with Crippen molar-refractivity contribution in [3.63, 3.8) is 0 Å². The van der Waals surface area contributed by atoms with Crippen LogP contribution in [0.25, 0.3) is 22.2 Å². The predicted molar refractivity (Wildman–Crippen MR) is 85.0 cm³/mol. The number of rotatable bonds is 2. The zero-order valence-corrected chi connectivity index (χ0v) is 12.4. The van der Waals surface area contributed by atoms with Crippen LogP contribution in [0.5, 0.6) is 0 Å². The summed E-state index contributed by atoms with van der Waals surface area (Å²) < 4.78 is 0. The predicted octanol–water partition coefficient (Wildman–Crippen LogP) is 3.72. The third kappa shape index (κ3) is 2.64. The van der Waals surface area contributed by atoms with Crippen LogP contribution in [0, 0.1) is 0 Å². The van der Waals surface area contributed by atoms with Crippen LogP contribution >= 0.6 is 0 Å². The first kappa shape index (κ1) is 14.1. The second-order valence-corrected chi connectivity index (χ2v) is 4.42. The third-order valence-electron chi connectivity index (χ3n) is 2.92. The van der Waals surface area contributed by atoms with Crippen LogP contribution in [0.2, 0.25) is 0 Å². The number of nitrogens with zero attached hydrogens (tertiary/aromatic N) is 3. The fourth-order valence-corrected chi connectivity index (χ4v) is 2.01. The van der Waals surface area contributed by atoms with E-state index < -0.39 is 0 Å². The average Bonchev–Trinajstić information content (AvgIpc) is 2.93. The molecule has 0 aliphatic heterocycles. The quantitative estimate of drug-likeness (QED) is 0.770. The molecule has 4 heteroatoms. The van der Waals surface area contributed by atoms with Gasteiger partial charge in [-0.25, -0.2) is 0 Å². The number of aromatic nitrogens is 3. The standard InChI is InChI=1S/C14H14N4.C2H6/c1-18(2)14-11-8-12(10-6-4-3-5-7-10)15-9-13(11)16-17-14;1-2/h3-9H,1-2H3,(H,16,17);1-2H3. The molecule has 4 nitrogen and oxygen atoms in total. The first-order valence-electron chi connectivity index (χ1n) is 6.82. The molecule has 3 rings (SSSR count). The highest BCUT2D eigenvalue weighted by Gasteiger charge is 2.09. The fourth-order valence-electron chi connectivity index (χ4n) is 2.01. The van der Waals surface area contributed by atoms with Gasteiger partial charge in [0, 0.05) is 25.0 Å². The molecule has 1 aromatic carbocycles. The topological polar surface area (TPSA) is 44.8 Å². The minimum Gasteiger partial charge on any atom is -0.361 e. The number of aromatic amines is 1. The maximum Gasteiger partial charge on any atom is 0.157 e. The van der Waals surface area contributed by atoms with E-state index >= 15 is 0 Å². The molecular weight excluding hydrogens is 248 g/mol. The highest BCUT2D eigenvalue weighted by Crippen LogP contribution is 2.26. The first-order chi connectivity index (χ1) is 9.75. The lowest BCUT2D eigenvalue weighted by Gasteiger charge is -2.08. The molecule has 0 unspecified atom stereocenters. The number of anilines is 1. The molecule has 0 fully saturated rings. The van der Waals surface area contributed by atoms with Crippen LogP contribution in [0.4, 0.5) is 5.82 Å². The van der Waals surface area contributed by atoms with Gasteiger partial charge in [0.15, 0.2) is 5.82 Å². The lowest BCUT2D eigenvalue weighted by atomic mass is 10.1. The Morgan fingerprint density at radius 1 is 1.05 bits per heavy atom. The Bertz CT molecular complexity index is 671. The molecular formula is C16H20N4. The van der Waals surface area contributed by atoms with Gasteiger partial charge in [-0.1, -0.05) is 44.2 Å². The van der Waals surface area contributed by atoms with Gasteiger partial charge in [-0.3, -0.25) is 10.1 Å². The molecule has 0 saturated carbocycles. The summed E-state index contributed by atoms with van der Waals surface area (Å²) in [4.78, 5) is 6.45. The number of nitrogens with one attached hydrogen (secondary N) is 1. The highest BCUT2D eigenvalue weighted by atomic mass is 15.2. The number of hydrogen-bond acceptors (Lipinski definition) is 3. The molecule has 0 atom stereocenters. The van der Waals surface area contributed by atoms with Gasteiger partial charge in [-0.05, 0) is 6.07 Å². The van der Waals surface area contributed by atoms with Crippen LogP contribution in [-0.4, -0.2) is 29.3 Å². The molecule has 0 saturated heterocycles. The van der Waals surface area contributed by atoms with E-state index in [0.29, 0.717) is 0 Å². The van der Waals surface area contributed by atoms with Crippen molar-refractivity contribution in [3.8, 4) is 11.3 Å². The normalized spacial score (nSPS) is 10.0. The monoisotopic (exact) mass is 268 g/mol. The highest BCUT2D eigenvalue weighted by molar-refractivity contribution is 5.91. The van der Waals surface area contributed by atoms with Crippen LogP contribution < -0.4 is 4.90 Å². The molecule has 2 aromatic heterocycles. The molecule has 2 heterocycles. The number of hydrogen-bond donors (Lipinski definition) is 1. The van der Waals surface area contributed by atoms with Crippen molar-refractivity contribution in [1.82, 2.24) is 15.2 Å². The third-order valence-corrected chi connectivity index (χ3v) is 2.92. The first-order valence-corrected chi connectivity index (χ1v) is 6.82. The number of fused-ring (bicyclic) bond motifs is 1. The zero-order chi connectivity index (χ0) is 14.5. The Morgan fingerprint density at radius 2 is 1.75 bits per heavy atom. The van der Waals surface area contributed by atoms with Gasteiger partial charge in [0.2, 0.25) is 0 Å². The summed E-state index contributed by atoms with van der Waals surface area (Å²) in [5.41, 5.74) is 3.04. The molecule has 1 N–H and O–H groups in total. The Balaban J connectivity index is 0.000000704. The number of pyridine rings is 1. The summed E-state index contributed by atoms with van der Waals surface area (Å²) in [5.74, 6) is 0.935. The molecule has 104 valence electrons. The second-order valence-electron chi connectivity index (χ2n) is 4.42. The lowest BCUT2D eigenvalue weighted by molar-refractivity contribution is 1.02. The Hall–Kier alpha value is -2.36. The fraction of sp³-hybridized carbons (Fsp3) is 0.250. The van der Waals surface area contributed by atoms with Gasteiger partial charge in [0.25, 0.3) is 0 Å². The SMILES string of the molecule is CC.CN(C)c1n[nH]c2cnc(-c3ccccc3)cc12. The molecule has 3 aromatic rings. The van der Waals surface area contributed by atoms with Crippen LogP contribution in [0.15, 0.2) is 42.6 Å². The lowest BCUT2D eigenvalue weighted by Crippen LogP contribution is -2.09. The largest absolute Gasteiger partial charge is 0.361 e. The number of benzene rings is 1. The second kappa shape index (κ2) is 6.19. The zero-order valence-electron chi connectivity index (χ0n) is 12.4. The molecule has 0 bridgehead atoms. The van der Waals surface area contributed by atoms with E-state index in [1.807, 2.05) is 57.2 Å². The average molecular weight is 268 g/mol. The Morgan fingerprint density at radius 3 is 2.40 bits per heavy atom. The molecule has 0 aliphatic rings. The summed E-state index contributed by atoms with van der Waals surface area (Å²) in [7, 11) is 3.97. The Labute approximate surface area is 119 Å². The summed E-state index contributed by atoms with van der Waals surface area (Å²) >= 11 is 0. The van der Waals surface area contributed by atoms with E-state index in [9.17, 15) is 0 Å². The van der Waals surface area contributed by atoms with Crippen molar-refractivity contribution in [3.05, 3.63) is 42.6 Å². The van der Waals surface area contributed by atoms with E-state index in [1.54, 1.807) is 0 Å². The van der Waals surface area contributed by atoms with Gasteiger partial charge in [0.1, 0.15) is 0 Å². The van der Waals surface area contributed by atoms with Crippen molar-refractivity contribution in [1.29, 1.82) is 0 Å². The summed E-state index contributed by atoms with van der Waals surface area (Å²) in [6.07, 6.45) is 1.83. The molecule has 20 heavy (non-hydrogen) atoms. The minimum atomic E-state index is 0.935. The van der Waals surface area contributed by atoms with Gasteiger partial charge in [0.05, 0.1) is 17.4 Å². The summed E-state index contributed by atoms with van der Waals surface area (Å²) in [5, 5.41) is 8.38. The van der Waals surface area contributed by atoms with Crippen molar-refractivity contribution in [2.24, 2.45) is 0 Å². The van der Waals surface area contributed by atoms with E-state index in [1.165, 1.54) is 0 Å². The van der Waals surface area contributed by atoms with E-state index in [-0.39, 0.29) is 0 Å². The van der Waals surface area contributed by atoms with Crippen LogP contribution in [0.3, 0.4) is 0 Å². The van der Waals surface area contributed by atoms with Crippen molar-refractivity contribution in [2.45, 2.75) is 13.8 Å². The molecule has 0 amide bonds. The van der Waals surface area contributed by atoms with Crippen LogP contribution in [0.1, 0.15) is 13.8 Å². The minimum absolute atomic E-state index is 0.935. The van der Waals surface area contributed by atoms with E-state index in [4.69, 9.17) is 0 Å². The van der Waals surface area contributed by atoms with Crippen molar-refractivity contribution >= 4 is 16.7 Å². The van der Waals surface area contributed by atoms with Crippen molar-refractivity contribution < 1.29 is 0 Å².